The molecule has 0 aromatic heterocycles. The summed E-state index contributed by atoms with van der Waals surface area (Å²) in [6, 6.07) is 0. The van der Waals surface area contributed by atoms with Crippen molar-refractivity contribution in [2.75, 3.05) is 19.6 Å². The summed E-state index contributed by atoms with van der Waals surface area (Å²) in [4.78, 5) is 2.49. The highest BCUT2D eigenvalue weighted by molar-refractivity contribution is 5.06. The van der Waals surface area contributed by atoms with Crippen LogP contribution in [0.3, 0.4) is 0 Å². The van der Waals surface area contributed by atoms with Gasteiger partial charge >= 0.3 is 0 Å². The number of β-amino-alcohol motifs (C(OH)–C–C–N with tert-alkyl or cyclic N) is 1. The molecule has 3 fully saturated rings. The minimum Gasteiger partial charge on any atom is -0.389 e. The van der Waals surface area contributed by atoms with Gasteiger partial charge < -0.3 is 5.11 Å². The van der Waals surface area contributed by atoms with Crippen LogP contribution in [0.25, 0.3) is 0 Å². The third-order valence-corrected chi connectivity index (χ3v) is 5.21. The Morgan fingerprint density at radius 3 is 2.25 bits per heavy atom. The van der Waals surface area contributed by atoms with Crippen molar-refractivity contribution in [2.24, 2.45) is 11.3 Å². The Hall–Kier alpha value is -0.0800. The zero-order valence-corrected chi connectivity index (χ0v) is 10.5. The molecule has 1 heterocycles. The Morgan fingerprint density at radius 2 is 1.75 bits per heavy atom. The maximum Gasteiger partial charge on any atom is 0.0774 e. The van der Waals surface area contributed by atoms with Crippen molar-refractivity contribution in [3.05, 3.63) is 0 Å². The minimum atomic E-state index is -0.345. The predicted molar refractivity (Wildman–Crippen MR) is 65.3 cm³/mol. The van der Waals surface area contributed by atoms with Crippen LogP contribution in [-0.2, 0) is 0 Å². The molecule has 0 amide bonds. The average molecular weight is 223 g/mol. The Balaban J connectivity index is 1.47. The lowest BCUT2D eigenvalue weighted by molar-refractivity contribution is -0.0655. The molecule has 2 aliphatic carbocycles. The van der Waals surface area contributed by atoms with Crippen LogP contribution in [0.15, 0.2) is 0 Å². The van der Waals surface area contributed by atoms with Crippen molar-refractivity contribution in [3.8, 4) is 0 Å². The summed E-state index contributed by atoms with van der Waals surface area (Å²) in [5, 5.41) is 10.6. The van der Waals surface area contributed by atoms with Crippen molar-refractivity contribution in [1.82, 2.24) is 4.90 Å². The monoisotopic (exact) mass is 223 g/mol. The van der Waals surface area contributed by atoms with Gasteiger partial charge in [-0.25, -0.2) is 0 Å². The van der Waals surface area contributed by atoms with Gasteiger partial charge in [-0.05, 0) is 49.9 Å². The topological polar surface area (TPSA) is 23.5 Å². The Bertz CT molecular complexity index is 256. The van der Waals surface area contributed by atoms with Crippen LogP contribution in [0.1, 0.15) is 51.9 Å². The van der Waals surface area contributed by atoms with Gasteiger partial charge in [-0.2, -0.15) is 0 Å². The molecule has 0 unspecified atom stereocenters. The molecule has 2 saturated carbocycles. The van der Waals surface area contributed by atoms with Gasteiger partial charge in [0.1, 0.15) is 0 Å². The standard InChI is InChI=1S/C14H25NO/c1-2-12-3-5-14(16,6-4-12)11-15-9-13(10-15)7-8-13/h12,16H,2-11H2,1H3. The van der Waals surface area contributed by atoms with Crippen LogP contribution < -0.4 is 0 Å². The van der Waals surface area contributed by atoms with E-state index in [-0.39, 0.29) is 5.60 Å². The van der Waals surface area contributed by atoms with Crippen LogP contribution in [0.5, 0.6) is 0 Å². The molecule has 1 saturated heterocycles. The molecule has 3 aliphatic rings. The lowest BCUT2D eigenvalue weighted by Gasteiger charge is -2.46. The molecule has 2 nitrogen and oxygen atoms in total. The zero-order valence-electron chi connectivity index (χ0n) is 10.5. The lowest BCUT2D eigenvalue weighted by atomic mass is 9.77. The van der Waals surface area contributed by atoms with Gasteiger partial charge in [0.25, 0.3) is 0 Å². The second-order valence-electron chi connectivity index (χ2n) is 6.72. The van der Waals surface area contributed by atoms with Gasteiger partial charge in [-0.1, -0.05) is 13.3 Å². The SMILES string of the molecule is CCC1CCC(O)(CN2CC3(CC3)C2)CC1. The van der Waals surface area contributed by atoms with Crippen LogP contribution in [-0.4, -0.2) is 35.2 Å². The Kier molecular flexibility index (Phi) is 2.56. The fraction of sp³-hybridized carbons (Fsp3) is 1.00. The van der Waals surface area contributed by atoms with Gasteiger partial charge in [-0.15, -0.1) is 0 Å². The maximum atomic E-state index is 10.6. The Morgan fingerprint density at radius 1 is 1.12 bits per heavy atom. The Labute approximate surface area is 99.0 Å². The summed E-state index contributed by atoms with van der Waals surface area (Å²) in [6.07, 6.45) is 8.74. The van der Waals surface area contributed by atoms with E-state index in [1.165, 1.54) is 45.2 Å². The van der Waals surface area contributed by atoms with Gasteiger partial charge in [-0.3, -0.25) is 4.90 Å². The zero-order chi connectivity index (χ0) is 11.2. The average Bonchev–Trinajstić information content (AvgIpc) is 2.98. The minimum absolute atomic E-state index is 0.345. The van der Waals surface area contributed by atoms with Crippen LogP contribution in [0.2, 0.25) is 0 Å². The molecule has 1 N–H and O–H groups in total. The number of nitrogens with zero attached hydrogens (tertiary/aromatic N) is 1. The summed E-state index contributed by atoms with van der Waals surface area (Å²) in [7, 11) is 0. The molecule has 92 valence electrons. The smallest absolute Gasteiger partial charge is 0.0774 e. The first kappa shape index (κ1) is 11.0. The van der Waals surface area contributed by atoms with Crippen molar-refractivity contribution in [3.63, 3.8) is 0 Å². The highest BCUT2D eigenvalue weighted by atomic mass is 16.3. The first-order valence-corrected chi connectivity index (χ1v) is 7.08. The lowest BCUT2D eigenvalue weighted by Crippen LogP contribution is -2.55. The molecule has 16 heavy (non-hydrogen) atoms. The second kappa shape index (κ2) is 3.71. The summed E-state index contributed by atoms with van der Waals surface area (Å²) >= 11 is 0. The van der Waals surface area contributed by atoms with E-state index in [1.807, 2.05) is 0 Å². The van der Waals surface area contributed by atoms with E-state index in [9.17, 15) is 5.11 Å². The van der Waals surface area contributed by atoms with E-state index in [2.05, 4.69) is 11.8 Å². The maximum absolute atomic E-state index is 10.6. The van der Waals surface area contributed by atoms with Crippen molar-refractivity contribution >= 4 is 0 Å². The van der Waals surface area contributed by atoms with Crippen LogP contribution in [0.4, 0.5) is 0 Å². The molecule has 3 rings (SSSR count). The summed E-state index contributed by atoms with van der Waals surface area (Å²) in [6.45, 7) is 5.77. The van der Waals surface area contributed by atoms with E-state index in [0.717, 1.165) is 30.7 Å². The number of hydrogen-bond acceptors (Lipinski definition) is 2. The van der Waals surface area contributed by atoms with Crippen molar-refractivity contribution in [2.45, 2.75) is 57.5 Å². The van der Waals surface area contributed by atoms with Crippen molar-refractivity contribution in [1.29, 1.82) is 0 Å². The van der Waals surface area contributed by atoms with E-state index >= 15 is 0 Å². The number of rotatable bonds is 3. The summed E-state index contributed by atoms with van der Waals surface area (Å²) in [5.74, 6) is 0.881. The molecular weight excluding hydrogens is 198 g/mol. The quantitative estimate of drug-likeness (QED) is 0.794. The second-order valence-corrected chi connectivity index (χ2v) is 6.72. The van der Waals surface area contributed by atoms with E-state index < -0.39 is 0 Å². The fourth-order valence-electron chi connectivity index (χ4n) is 3.70. The van der Waals surface area contributed by atoms with Gasteiger partial charge in [0.15, 0.2) is 0 Å². The molecule has 0 radical (unpaired) electrons. The van der Waals surface area contributed by atoms with Crippen LogP contribution in [0, 0.1) is 11.3 Å². The molecule has 0 aromatic carbocycles. The van der Waals surface area contributed by atoms with Gasteiger partial charge in [0.05, 0.1) is 5.60 Å². The van der Waals surface area contributed by atoms with Gasteiger partial charge in [0, 0.05) is 19.6 Å². The molecule has 0 atom stereocenters. The number of likely N-dealkylation sites (tertiary alicyclic amines) is 1. The molecule has 1 spiro atoms. The highest BCUT2D eigenvalue weighted by Gasteiger charge is 2.53. The molecule has 0 bridgehead atoms. The van der Waals surface area contributed by atoms with E-state index in [1.54, 1.807) is 0 Å². The largest absolute Gasteiger partial charge is 0.389 e. The van der Waals surface area contributed by atoms with Crippen molar-refractivity contribution < 1.29 is 5.11 Å². The fourth-order valence-corrected chi connectivity index (χ4v) is 3.70. The van der Waals surface area contributed by atoms with Gasteiger partial charge in [0.2, 0.25) is 0 Å². The third-order valence-electron chi connectivity index (χ3n) is 5.21. The summed E-state index contributed by atoms with van der Waals surface area (Å²) < 4.78 is 0. The first-order chi connectivity index (χ1) is 7.63. The third kappa shape index (κ3) is 2.02. The van der Waals surface area contributed by atoms with Crippen LogP contribution >= 0.6 is 0 Å². The molecule has 0 aromatic rings. The molecular formula is C14H25NO. The molecule has 2 heteroatoms. The number of aliphatic hydroxyl groups is 1. The highest BCUT2D eigenvalue weighted by Crippen LogP contribution is 2.53. The first-order valence-electron chi connectivity index (χ1n) is 7.08. The predicted octanol–water partition coefficient (Wildman–Crippen LogP) is 2.41. The molecule has 1 aliphatic heterocycles. The van der Waals surface area contributed by atoms with E-state index in [0.29, 0.717) is 0 Å². The van der Waals surface area contributed by atoms with E-state index in [4.69, 9.17) is 0 Å². The normalized spacial score (nSPS) is 42.0. The number of hydrogen-bond donors (Lipinski definition) is 1. The summed E-state index contributed by atoms with van der Waals surface area (Å²) in [5.41, 5.74) is 0.388.